The molecule has 2 aromatic rings. The van der Waals surface area contributed by atoms with Crippen LogP contribution in [0.2, 0.25) is 0 Å². The van der Waals surface area contributed by atoms with Gasteiger partial charge in [-0.1, -0.05) is 18.2 Å². The lowest BCUT2D eigenvalue weighted by Crippen LogP contribution is -2.01. The van der Waals surface area contributed by atoms with E-state index in [1.54, 1.807) is 0 Å². The number of hydrogen-bond donors (Lipinski definition) is 1. The van der Waals surface area contributed by atoms with Crippen molar-refractivity contribution in [1.82, 2.24) is 15.0 Å². The summed E-state index contributed by atoms with van der Waals surface area (Å²) >= 11 is 4.51. The molecule has 86 valence electrons. The van der Waals surface area contributed by atoms with E-state index in [9.17, 15) is 0 Å². The van der Waals surface area contributed by atoms with Crippen LogP contribution in [0, 0.1) is 0 Å². The van der Waals surface area contributed by atoms with Crippen molar-refractivity contribution in [2.75, 3.05) is 0 Å². The molecule has 0 fully saturated rings. The van der Waals surface area contributed by atoms with Crippen molar-refractivity contribution < 1.29 is 0 Å². The van der Waals surface area contributed by atoms with Crippen LogP contribution in [0.5, 0.6) is 0 Å². The van der Waals surface area contributed by atoms with Gasteiger partial charge in [0.1, 0.15) is 19.0 Å². The van der Waals surface area contributed by atoms with Gasteiger partial charge in [-0.3, -0.25) is 0 Å². The summed E-state index contributed by atoms with van der Waals surface area (Å²) in [6, 6.07) is 9.28. The van der Waals surface area contributed by atoms with Gasteiger partial charge in [0, 0.05) is 0 Å². The van der Waals surface area contributed by atoms with Crippen molar-refractivity contribution in [3.63, 3.8) is 0 Å². The first kappa shape index (κ1) is 12.8. The Bertz CT molecular complexity index is 432. The van der Waals surface area contributed by atoms with Crippen molar-refractivity contribution in [3.8, 4) is 0 Å². The zero-order chi connectivity index (χ0) is 12.3. The molecule has 6 nitrogen and oxygen atoms in total. The number of nitrogens with zero attached hydrogens (tertiary/aromatic N) is 5. The van der Waals surface area contributed by atoms with Crippen LogP contribution in [0.3, 0.4) is 0 Å². The van der Waals surface area contributed by atoms with Crippen LogP contribution in [0.15, 0.2) is 59.5 Å². The number of hydrogen-bond acceptors (Lipinski definition) is 5. The van der Waals surface area contributed by atoms with Crippen LogP contribution in [0.25, 0.3) is 0 Å². The minimum absolute atomic E-state index is 0.0499. The Kier molecular flexibility index (Phi) is 5.97. The molecule has 0 amide bonds. The number of nitrogens with two attached hydrogens (primary N) is 1. The third-order valence-corrected chi connectivity index (χ3v) is 1.50. The summed E-state index contributed by atoms with van der Waals surface area (Å²) in [5.74, 6) is 0. The van der Waals surface area contributed by atoms with Gasteiger partial charge < -0.3 is 5.73 Å². The molecule has 0 aliphatic heterocycles. The van der Waals surface area contributed by atoms with Gasteiger partial charge in [-0.05, 0) is 24.4 Å². The average molecular weight is 246 g/mol. The van der Waals surface area contributed by atoms with E-state index in [1.807, 2.05) is 30.3 Å². The fourth-order valence-electron chi connectivity index (χ4n) is 0.807. The second-order valence-electron chi connectivity index (χ2n) is 2.67. The molecule has 1 aromatic carbocycles. The third-order valence-electron chi connectivity index (χ3n) is 1.42. The minimum Gasteiger partial charge on any atom is -0.373 e. The number of aromatic nitrogens is 3. The number of thiocarbonyl (C=S) groups is 1. The molecule has 0 bridgehead atoms. The maximum Gasteiger partial charge on any atom is 0.211 e. The molecule has 0 aliphatic rings. The van der Waals surface area contributed by atoms with Gasteiger partial charge in [0.15, 0.2) is 0 Å². The molecule has 0 atom stereocenters. The average Bonchev–Trinajstić information content (AvgIpc) is 2.40. The van der Waals surface area contributed by atoms with E-state index in [-0.39, 0.29) is 5.11 Å². The Labute approximate surface area is 104 Å². The third kappa shape index (κ3) is 6.74. The summed E-state index contributed by atoms with van der Waals surface area (Å²) in [6.45, 7) is 0. The van der Waals surface area contributed by atoms with Gasteiger partial charge >= 0.3 is 0 Å². The standard InChI is InChI=1S/C7H7N3S.C3H3N3/c8-7(11)10-9-6-4-2-1-3-5-6;1-4-2-6-3-5-1/h1-5H,(H2,8,11);1-3H. The van der Waals surface area contributed by atoms with Crippen LogP contribution >= 0.6 is 12.2 Å². The summed E-state index contributed by atoms with van der Waals surface area (Å²) in [4.78, 5) is 10.7. The lowest BCUT2D eigenvalue weighted by atomic mass is 10.3. The highest BCUT2D eigenvalue weighted by Gasteiger charge is 1.84. The van der Waals surface area contributed by atoms with E-state index in [0.29, 0.717) is 0 Å². The molecule has 1 heterocycles. The topological polar surface area (TPSA) is 89.4 Å². The Morgan fingerprint density at radius 1 is 1.00 bits per heavy atom. The number of benzene rings is 1. The molecular weight excluding hydrogens is 236 g/mol. The summed E-state index contributed by atoms with van der Waals surface area (Å²) in [5.41, 5.74) is 5.86. The molecule has 0 saturated heterocycles. The fourth-order valence-corrected chi connectivity index (χ4v) is 0.847. The summed E-state index contributed by atoms with van der Waals surface area (Å²) in [7, 11) is 0. The van der Waals surface area contributed by atoms with Gasteiger partial charge in [0.2, 0.25) is 5.11 Å². The van der Waals surface area contributed by atoms with Crippen molar-refractivity contribution >= 4 is 23.0 Å². The SMILES string of the molecule is NC(=S)N=Nc1ccccc1.c1ncncn1. The molecule has 0 aliphatic carbocycles. The van der Waals surface area contributed by atoms with E-state index in [1.165, 1.54) is 19.0 Å². The normalized spacial score (nSPS) is 9.41. The lowest BCUT2D eigenvalue weighted by molar-refractivity contribution is 1.05. The highest BCUT2D eigenvalue weighted by atomic mass is 32.1. The maximum absolute atomic E-state index is 5.11. The van der Waals surface area contributed by atoms with Crippen LogP contribution < -0.4 is 5.73 Å². The summed E-state index contributed by atoms with van der Waals surface area (Å²) < 4.78 is 0. The maximum atomic E-state index is 5.11. The van der Waals surface area contributed by atoms with Gasteiger partial charge in [-0.25, -0.2) is 15.0 Å². The second-order valence-corrected chi connectivity index (χ2v) is 3.09. The first-order valence-corrected chi connectivity index (χ1v) is 5.01. The first-order valence-electron chi connectivity index (χ1n) is 4.60. The first-order chi connectivity index (χ1) is 8.29. The van der Waals surface area contributed by atoms with Gasteiger partial charge in [-0.15, -0.1) is 10.2 Å². The van der Waals surface area contributed by atoms with E-state index in [2.05, 4.69) is 37.4 Å². The lowest BCUT2D eigenvalue weighted by Gasteiger charge is -1.87. The van der Waals surface area contributed by atoms with Crippen LogP contribution in [-0.4, -0.2) is 20.1 Å². The van der Waals surface area contributed by atoms with Crippen molar-refractivity contribution in [2.24, 2.45) is 16.0 Å². The Hall–Kier alpha value is -2.28. The largest absolute Gasteiger partial charge is 0.373 e. The van der Waals surface area contributed by atoms with Crippen LogP contribution in [-0.2, 0) is 0 Å². The molecule has 0 unspecified atom stereocenters. The smallest absolute Gasteiger partial charge is 0.211 e. The quantitative estimate of drug-likeness (QED) is 0.613. The summed E-state index contributed by atoms with van der Waals surface area (Å²) in [6.07, 6.45) is 4.31. The molecule has 2 N–H and O–H groups in total. The van der Waals surface area contributed by atoms with Gasteiger partial charge in [0.25, 0.3) is 0 Å². The van der Waals surface area contributed by atoms with E-state index < -0.39 is 0 Å². The number of azo groups is 1. The molecular formula is C10H10N6S. The predicted octanol–water partition coefficient (Wildman–Crippen LogP) is 1.89. The van der Waals surface area contributed by atoms with Crippen molar-refractivity contribution in [3.05, 3.63) is 49.3 Å². The van der Waals surface area contributed by atoms with E-state index in [4.69, 9.17) is 5.73 Å². The molecule has 0 spiro atoms. The molecule has 0 radical (unpaired) electrons. The summed E-state index contributed by atoms with van der Waals surface area (Å²) in [5, 5.41) is 7.34. The Morgan fingerprint density at radius 3 is 1.94 bits per heavy atom. The highest BCUT2D eigenvalue weighted by molar-refractivity contribution is 7.80. The molecule has 7 heteroatoms. The fraction of sp³-hybridized carbons (Fsp3) is 0. The second kappa shape index (κ2) is 7.94. The zero-order valence-corrected chi connectivity index (χ0v) is 9.66. The zero-order valence-electron chi connectivity index (χ0n) is 8.84. The molecule has 0 saturated carbocycles. The monoisotopic (exact) mass is 246 g/mol. The van der Waals surface area contributed by atoms with Crippen molar-refractivity contribution in [2.45, 2.75) is 0 Å². The highest BCUT2D eigenvalue weighted by Crippen LogP contribution is 2.09. The molecule has 2 rings (SSSR count). The minimum atomic E-state index is 0.0499. The van der Waals surface area contributed by atoms with Gasteiger partial charge in [-0.2, -0.15) is 0 Å². The van der Waals surface area contributed by atoms with Crippen LogP contribution in [0.4, 0.5) is 5.69 Å². The number of rotatable bonds is 1. The Morgan fingerprint density at radius 2 is 1.53 bits per heavy atom. The predicted molar refractivity (Wildman–Crippen MR) is 67.6 cm³/mol. The Balaban J connectivity index is 0.000000202. The molecule has 17 heavy (non-hydrogen) atoms. The van der Waals surface area contributed by atoms with E-state index >= 15 is 0 Å². The van der Waals surface area contributed by atoms with E-state index in [0.717, 1.165) is 5.69 Å². The van der Waals surface area contributed by atoms with Gasteiger partial charge in [0.05, 0.1) is 5.69 Å². The van der Waals surface area contributed by atoms with Crippen LogP contribution in [0.1, 0.15) is 0 Å². The van der Waals surface area contributed by atoms with Crippen molar-refractivity contribution in [1.29, 1.82) is 0 Å². The molecule has 1 aromatic heterocycles.